The van der Waals surface area contributed by atoms with Gasteiger partial charge in [-0.15, -0.1) is 0 Å². The van der Waals surface area contributed by atoms with Crippen LogP contribution in [0.2, 0.25) is 0 Å². The maximum atomic E-state index is 3.88. The molecule has 0 aliphatic rings. The predicted octanol–water partition coefficient (Wildman–Crippen LogP) is 9.02. The Labute approximate surface area is 205 Å². The Bertz CT molecular complexity index is 1230. The highest BCUT2D eigenvalue weighted by molar-refractivity contribution is 5.91. The Hall–Kier alpha value is -3.58. The molecular formula is C33H35N. The Morgan fingerprint density at radius 2 is 1.26 bits per heavy atom. The first kappa shape index (κ1) is 23.6. The van der Waals surface area contributed by atoms with E-state index in [0.717, 1.165) is 12.8 Å². The largest absolute Gasteiger partial charge is 0.375 e. The van der Waals surface area contributed by atoms with Gasteiger partial charge in [0.15, 0.2) is 0 Å². The van der Waals surface area contributed by atoms with Crippen molar-refractivity contribution in [1.82, 2.24) is 0 Å². The number of hydrogen-bond acceptors (Lipinski definition) is 1. The molecule has 0 saturated carbocycles. The molecule has 0 amide bonds. The molecule has 4 aromatic rings. The standard InChI is InChI=1S/C33H35N/c1-5-33(6-2,34-32-15-11-10-12-26(32)4)30-22-18-27(19-23-30)24-31(28-13-8-7-9-14-28)29-20-16-25(3)17-21-29/h7-24,34H,5-6H2,1-4H3. The average Bonchev–Trinajstić information content (AvgIpc) is 2.89. The van der Waals surface area contributed by atoms with Crippen LogP contribution >= 0.6 is 0 Å². The van der Waals surface area contributed by atoms with Gasteiger partial charge in [-0.2, -0.15) is 0 Å². The maximum absolute atomic E-state index is 3.88. The lowest BCUT2D eigenvalue weighted by Gasteiger charge is -2.35. The molecule has 0 aliphatic carbocycles. The highest BCUT2D eigenvalue weighted by atomic mass is 15.0. The van der Waals surface area contributed by atoms with Crippen molar-refractivity contribution in [3.05, 3.63) is 137 Å². The quantitative estimate of drug-likeness (QED) is 0.267. The summed E-state index contributed by atoms with van der Waals surface area (Å²) in [5, 5.41) is 3.88. The van der Waals surface area contributed by atoms with Gasteiger partial charge in [0.25, 0.3) is 0 Å². The lowest BCUT2D eigenvalue weighted by Crippen LogP contribution is -2.34. The summed E-state index contributed by atoms with van der Waals surface area (Å²) in [5.41, 5.74) is 9.91. The minimum absolute atomic E-state index is 0.0897. The first-order chi connectivity index (χ1) is 16.5. The second kappa shape index (κ2) is 10.6. The highest BCUT2D eigenvalue weighted by Crippen LogP contribution is 2.35. The normalized spacial score (nSPS) is 11.9. The van der Waals surface area contributed by atoms with Gasteiger partial charge in [0, 0.05) is 5.69 Å². The fraction of sp³-hybridized carbons (Fsp3) is 0.212. The van der Waals surface area contributed by atoms with Crippen molar-refractivity contribution in [2.45, 2.75) is 46.1 Å². The number of aryl methyl sites for hydroxylation is 2. The molecule has 0 radical (unpaired) electrons. The van der Waals surface area contributed by atoms with E-state index in [1.807, 2.05) is 0 Å². The molecule has 0 bridgehead atoms. The van der Waals surface area contributed by atoms with E-state index in [1.165, 1.54) is 44.6 Å². The predicted molar refractivity (Wildman–Crippen MR) is 148 cm³/mol. The van der Waals surface area contributed by atoms with Gasteiger partial charge in [-0.05, 0) is 72.2 Å². The molecule has 0 spiro atoms. The Morgan fingerprint density at radius 1 is 0.676 bits per heavy atom. The molecule has 0 aliphatic heterocycles. The topological polar surface area (TPSA) is 12.0 Å². The molecule has 0 aromatic heterocycles. The summed E-state index contributed by atoms with van der Waals surface area (Å²) in [6, 6.07) is 37.1. The summed E-state index contributed by atoms with van der Waals surface area (Å²) >= 11 is 0. The van der Waals surface area contributed by atoms with E-state index in [-0.39, 0.29) is 5.54 Å². The van der Waals surface area contributed by atoms with E-state index >= 15 is 0 Å². The van der Waals surface area contributed by atoms with Crippen molar-refractivity contribution in [3.63, 3.8) is 0 Å². The van der Waals surface area contributed by atoms with Crippen LogP contribution in [0.1, 0.15) is 60.1 Å². The number of para-hydroxylation sites is 1. The zero-order valence-corrected chi connectivity index (χ0v) is 20.8. The highest BCUT2D eigenvalue weighted by Gasteiger charge is 2.28. The van der Waals surface area contributed by atoms with Crippen molar-refractivity contribution in [2.75, 3.05) is 5.32 Å². The number of hydrogen-bond donors (Lipinski definition) is 1. The van der Waals surface area contributed by atoms with Gasteiger partial charge >= 0.3 is 0 Å². The summed E-state index contributed by atoms with van der Waals surface area (Å²) in [6.45, 7) is 8.84. The van der Waals surface area contributed by atoms with Gasteiger partial charge < -0.3 is 5.32 Å². The monoisotopic (exact) mass is 445 g/mol. The Kier molecular flexibility index (Phi) is 7.33. The average molecular weight is 446 g/mol. The smallest absolute Gasteiger partial charge is 0.0620 e. The van der Waals surface area contributed by atoms with Crippen LogP contribution in [0.25, 0.3) is 11.6 Å². The number of nitrogens with one attached hydrogen (secondary N) is 1. The van der Waals surface area contributed by atoms with Crippen LogP contribution in [0.15, 0.2) is 103 Å². The minimum atomic E-state index is -0.0897. The summed E-state index contributed by atoms with van der Waals surface area (Å²) in [7, 11) is 0. The molecule has 0 fully saturated rings. The van der Waals surface area contributed by atoms with Gasteiger partial charge in [-0.1, -0.05) is 116 Å². The van der Waals surface area contributed by atoms with Gasteiger partial charge in [0.1, 0.15) is 0 Å². The molecular weight excluding hydrogens is 410 g/mol. The zero-order chi connectivity index (χ0) is 24.0. The summed E-state index contributed by atoms with van der Waals surface area (Å²) in [4.78, 5) is 0. The van der Waals surface area contributed by atoms with Crippen LogP contribution in [0.5, 0.6) is 0 Å². The van der Waals surface area contributed by atoms with E-state index in [1.54, 1.807) is 0 Å². The fourth-order valence-electron chi connectivity index (χ4n) is 4.63. The summed E-state index contributed by atoms with van der Waals surface area (Å²) in [5.74, 6) is 0. The Balaban J connectivity index is 1.70. The molecule has 0 atom stereocenters. The third kappa shape index (κ3) is 5.15. The first-order valence-corrected chi connectivity index (χ1v) is 12.3. The molecule has 1 N–H and O–H groups in total. The molecule has 0 unspecified atom stereocenters. The molecule has 172 valence electrons. The van der Waals surface area contributed by atoms with Crippen LogP contribution in [0.4, 0.5) is 5.69 Å². The molecule has 4 rings (SSSR count). The molecule has 0 saturated heterocycles. The summed E-state index contributed by atoms with van der Waals surface area (Å²) in [6.07, 6.45) is 4.34. The third-order valence-corrected chi connectivity index (χ3v) is 6.95. The zero-order valence-electron chi connectivity index (χ0n) is 20.8. The van der Waals surface area contributed by atoms with E-state index in [0.29, 0.717) is 0 Å². The van der Waals surface area contributed by atoms with Gasteiger partial charge in [0.2, 0.25) is 0 Å². The lowest BCUT2D eigenvalue weighted by atomic mass is 9.83. The fourth-order valence-corrected chi connectivity index (χ4v) is 4.63. The molecule has 34 heavy (non-hydrogen) atoms. The maximum Gasteiger partial charge on any atom is 0.0620 e. The molecule has 0 heterocycles. The SMILES string of the molecule is CCC(CC)(Nc1ccccc1C)c1ccc(C=C(c2ccccc2)c2ccc(C)cc2)cc1. The van der Waals surface area contributed by atoms with Crippen LogP contribution in [0, 0.1) is 13.8 Å². The number of anilines is 1. The van der Waals surface area contributed by atoms with E-state index in [2.05, 4.69) is 142 Å². The second-order valence-electron chi connectivity index (χ2n) is 9.14. The lowest BCUT2D eigenvalue weighted by molar-refractivity contribution is 0.454. The van der Waals surface area contributed by atoms with E-state index in [9.17, 15) is 0 Å². The van der Waals surface area contributed by atoms with Crippen molar-refractivity contribution >= 4 is 17.3 Å². The molecule has 1 nitrogen and oxygen atoms in total. The van der Waals surface area contributed by atoms with E-state index in [4.69, 9.17) is 0 Å². The van der Waals surface area contributed by atoms with Crippen LogP contribution in [-0.4, -0.2) is 0 Å². The minimum Gasteiger partial charge on any atom is -0.375 e. The summed E-state index contributed by atoms with van der Waals surface area (Å²) < 4.78 is 0. The van der Waals surface area contributed by atoms with Gasteiger partial charge in [-0.3, -0.25) is 0 Å². The Morgan fingerprint density at radius 3 is 1.88 bits per heavy atom. The van der Waals surface area contributed by atoms with Crippen molar-refractivity contribution in [1.29, 1.82) is 0 Å². The van der Waals surface area contributed by atoms with Crippen LogP contribution < -0.4 is 5.32 Å². The third-order valence-electron chi connectivity index (χ3n) is 6.95. The van der Waals surface area contributed by atoms with E-state index < -0.39 is 0 Å². The molecule has 4 aromatic carbocycles. The van der Waals surface area contributed by atoms with Crippen LogP contribution in [0.3, 0.4) is 0 Å². The number of benzene rings is 4. The second-order valence-corrected chi connectivity index (χ2v) is 9.14. The first-order valence-electron chi connectivity index (χ1n) is 12.3. The van der Waals surface area contributed by atoms with Crippen molar-refractivity contribution < 1.29 is 0 Å². The van der Waals surface area contributed by atoms with Gasteiger partial charge in [-0.25, -0.2) is 0 Å². The van der Waals surface area contributed by atoms with Gasteiger partial charge in [0.05, 0.1) is 5.54 Å². The molecule has 1 heteroatoms. The van der Waals surface area contributed by atoms with Crippen molar-refractivity contribution in [2.24, 2.45) is 0 Å². The number of rotatable bonds is 8. The van der Waals surface area contributed by atoms with Crippen molar-refractivity contribution in [3.8, 4) is 0 Å². The van der Waals surface area contributed by atoms with Crippen LogP contribution in [-0.2, 0) is 5.54 Å².